The van der Waals surface area contributed by atoms with Crippen molar-refractivity contribution in [2.24, 2.45) is 11.3 Å². The number of carbonyl (C=O) groups is 2. The first-order chi connectivity index (χ1) is 12.8. The molecular formula is C20H22O7. The van der Waals surface area contributed by atoms with Gasteiger partial charge in [-0.2, -0.15) is 0 Å². The van der Waals surface area contributed by atoms with Gasteiger partial charge in [0.25, 0.3) is 0 Å². The zero-order valence-electron chi connectivity index (χ0n) is 15.3. The Labute approximate surface area is 156 Å². The molecular weight excluding hydrogens is 352 g/mol. The molecule has 0 aromatic carbocycles. The predicted octanol–water partition coefficient (Wildman–Crippen LogP) is 2.40. The van der Waals surface area contributed by atoms with E-state index in [2.05, 4.69) is 0 Å². The van der Waals surface area contributed by atoms with Gasteiger partial charge >= 0.3 is 11.9 Å². The largest absolute Gasteiger partial charge is 0.472 e. The molecule has 7 heteroatoms. The molecule has 4 aliphatic rings. The molecule has 4 heterocycles. The van der Waals surface area contributed by atoms with Crippen molar-refractivity contribution in [2.75, 3.05) is 0 Å². The fourth-order valence-corrected chi connectivity index (χ4v) is 5.28. The van der Waals surface area contributed by atoms with Crippen molar-refractivity contribution in [3.05, 3.63) is 35.8 Å². The van der Waals surface area contributed by atoms with E-state index in [0.717, 1.165) is 5.56 Å². The van der Waals surface area contributed by atoms with E-state index in [1.165, 1.54) is 6.26 Å². The van der Waals surface area contributed by atoms with Crippen LogP contribution in [0.2, 0.25) is 0 Å². The molecule has 1 aromatic rings. The average Bonchev–Trinajstić information content (AvgIpc) is 3.29. The van der Waals surface area contributed by atoms with Gasteiger partial charge in [-0.1, -0.05) is 6.08 Å². The minimum absolute atomic E-state index is 0.326. The number of ether oxygens (including phenoxy) is 3. The Hall–Kier alpha value is -2.12. The summed E-state index contributed by atoms with van der Waals surface area (Å²) < 4.78 is 22.5. The molecule has 27 heavy (non-hydrogen) atoms. The highest BCUT2D eigenvalue weighted by molar-refractivity contribution is 5.93. The van der Waals surface area contributed by atoms with Crippen molar-refractivity contribution in [1.29, 1.82) is 0 Å². The van der Waals surface area contributed by atoms with Crippen LogP contribution in [-0.4, -0.2) is 34.5 Å². The lowest BCUT2D eigenvalue weighted by atomic mass is 9.61. The number of allylic oxidation sites excluding steroid dienone is 1. The topological polar surface area (TPSA) is 95.2 Å². The maximum Gasteiger partial charge on any atom is 0.334 e. The maximum absolute atomic E-state index is 12.7. The minimum Gasteiger partial charge on any atom is -0.472 e. The number of cyclic esters (lactones) is 1. The molecule has 1 aliphatic carbocycles. The number of aliphatic hydroxyl groups is 1. The third-order valence-corrected chi connectivity index (χ3v) is 6.95. The summed E-state index contributed by atoms with van der Waals surface area (Å²) in [6, 6.07) is 1.77. The number of esters is 2. The second kappa shape index (κ2) is 5.23. The summed E-state index contributed by atoms with van der Waals surface area (Å²) in [7, 11) is 0. The van der Waals surface area contributed by atoms with Crippen molar-refractivity contribution in [2.45, 2.75) is 63.1 Å². The molecule has 0 spiro atoms. The van der Waals surface area contributed by atoms with Gasteiger partial charge in [-0.15, -0.1) is 0 Å². The number of furan rings is 1. The van der Waals surface area contributed by atoms with Crippen LogP contribution in [0, 0.1) is 11.3 Å². The third kappa shape index (κ3) is 2.09. The highest BCUT2D eigenvalue weighted by atomic mass is 16.7. The first-order valence-electron chi connectivity index (χ1n) is 9.34. The van der Waals surface area contributed by atoms with Crippen LogP contribution in [0.5, 0.6) is 0 Å². The van der Waals surface area contributed by atoms with Gasteiger partial charge in [0.1, 0.15) is 12.2 Å². The summed E-state index contributed by atoms with van der Waals surface area (Å²) in [5.41, 5.74) is -0.645. The van der Waals surface area contributed by atoms with Crippen LogP contribution in [-0.2, 0) is 23.8 Å². The maximum atomic E-state index is 12.7. The Kier molecular flexibility index (Phi) is 3.30. The first-order valence-corrected chi connectivity index (χ1v) is 9.34. The van der Waals surface area contributed by atoms with Gasteiger partial charge in [-0.3, -0.25) is 4.79 Å². The summed E-state index contributed by atoms with van der Waals surface area (Å²) in [6.07, 6.45) is 5.61. The van der Waals surface area contributed by atoms with E-state index in [1.807, 2.05) is 13.0 Å². The monoisotopic (exact) mass is 374 g/mol. The van der Waals surface area contributed by atoms with Crippen LogP contribution in [0.1, 0.15) is 51.2 Å². The van der Waals surface area contributed by atoms with Gasteiger partial charge in [-0.05, 0) is 26.3 Å². The number of carbonyl (C=O) groups excluding carboxylic acids is 2. The second-order valence-corrected chi connectivity index (χ2v) is 8.43. The van der Waals surface area contributed by atoms with Gasteiger partial charge in [-0.25, -0.2) is 4.79 Å². The van der Waals surface area contributed by atoms with E-state index < -0.39 is 40.9 Å². The molecule has 144 valence electrons. The Morgan fingerprint density at radius 1 is 1.22 bits per heavy atom. The zero-order chi connectivity index (χ0) is 19.0. The molecule has 0 unspecified atom stereocenters. The standard InChI is InChI=1S/C20H22O7/c1-18(13-8-14(25-17(13)22)11-5-7-24-10-11)9-15-19(2)12(16(21)26-15)4-3-6-20(19,23)27-18/h4-5,7,10,13-15,23H,3,6,8-9H2,1-2H3/t13-,14-,15-,18-,19-,20-/m1/s1. The van der Waals surface area contributed by atoms with Crippen molar-refractivity contribution >= 4 is 11.9 Å². The van der Waals surface area contributed by atoms with Crippen molar-refractivity contribution in [3.63, 3.8) is 0 Å². The van der Waals surface area contributed by atoms with Gasteiger partial charge in [0, 0.05) is 30.4 Å². The minimum atomic E-state index is -1.56. The van der Waals surface area contributed by atoms with Crippen molar-refractivity contribution < 1.29 is 33.3 Å². The molecule has 5 rings (SSSR count). The number of hydrogen-bond donors (Lipinski definition) is 1. The van der Waals surface area contributed by atoms with Crippen molar-refractivity contribution in [1.82, 2.24) is 0 Å². The van der Waals surface area contributed by atoms with E-state index in [4.69, 9.17) is 18.6 Å². The summed E-state index contributed by atoms with van der Waals surface area (Å²) in [5, 5.41) is 11.4. The van der Waals surface area contributed by atoms with Crippen LogP contribution in [0.4, 0.5) is 0 Å². The van der Waals surface area contributed by atoms with E-state index >= 15 is 0 Å². The normalized spacial score (nSPS) is 45.9. The molecule has 1 aromatic heterocycles. The highest BCUT2D eigenvalue weighted by Gasteiger charge is 2.71. The van der Waals surface area contributed by atoms with E-state index in [-0.39, 0.29) is 5.97 Å². The smallest absolute Gasteiger partial charge is 0.334 e. The Morgan fingerprint density at radius 3 is 2.78 bits per heavy atom. The number of rotatable bonds is 2. The third-order valence-electron chi connectivity index (χ3n) is 6.95. The lowest BCUT2D eigenvalue weighted by molar-refractivity contribution is -0.359. The predicted molar refractivity (Wildman–Crippen MR) is 90.0 cm³/mol. The highest BCUT2D eigenvalue weighted by Crippen LogP contribution is 2.61. The van der Waals surface area contributed by atoms with Crippen LogP contribution < -0.4 is 0 Å². The summed E-state index contributed by atoms with van der Waals surface area (Å²) in [6.45, 7) is 3.62. The summed E-state index contributed by atoms with van der Waals surface area (Å²) in [5.74, 6) is -2.90. The molecule has 0 radical (unpaired) electrons. The van der Waals surface area contributed by atoms with Gasteiger partial charge in [0.05, 0.1) is 29.5 Å². The molecule has 6 atom stereocenters. The van der Waals surface area contributed by atoms with Gasteiger partial charge in [0.2, 0.25) is 0 Å². The van der Waals surface area contributed by atoms with Gasteiger partial charge in [0.15, 0.2) is 5.79 Å². The van der Waals surface area contributed by atoms with E-state index in [1.54, 1.807) is 19.3 Å². The lowest BCUT2D eigenvalue weighted by Gasteiger charge is -2.56. The summed E-state index contributed by atoms with van der Waals surface area (Å²) in [4.78, 5) is 25.0. The molecule has 0 amide bonds. The van der Waals surface area contributed by atoms with Crippen LogP contribution in [0.15, 0.2) is 34.7 Å². The molecule has 7 nitrogen and oxygen atoms in total. The van der Waals surface area contributed by atoms with Crippen LogP contribution in [0.3, 0.4) is 0 Å². The van der Waals surface area contributed by atoms with E-state index in [0.29, 0.717) is 31.3 Å². The zero-order valence-corrected chi connectivity index (χ0v) is 15.3. The molecule has 0 saturated carbocycles. The van der Waals surface area contributed by atoms with Crippen LogP contribution >= 0.6 is 0 Å². The van der Waals surface area contributed by atoms with Crippen molar-refractivity contribution in [3.8, 4) is 0 Å². The molecule has 3 fully saturated rings. The quantitative estimate of drug-likeness (QED) is 0.794. The first kappa shape index (κ1) is 17.0. The Bertz CT molecular complexity index is 843. The molecule has 3 aliphatic heterocycles. The average molecular weight is 374 g/mol. The fraction of sp³-hybridized carbons (Fsp3) is 0.600. The molecule has 0 bridgehead atoms. The SMILES string of the molecule is C[C@]1([C@@H]2C[C@H](c3ccoc3)OC2=O)C[C@H]2OC(=O)C3=CCC[C@@](O)(O1)[C@]32C. The lowest BCUT2D eigenvalue weighted by Crippen LogP contribution is -2.66. The van der Waals surface area contributed by atoms with Crippen LogP contribution in [0.25, 0.3) is 0 Å². The summed E-state index contributed by atoms with van der Waals surface area (Å²) >= 11 is 0. The fourth-order valence-electron chi connectivity index (χ4n) is 5.28. The molecule has 1 N–H and O–H groups in total. The van der Waals surface area contributed by atoms with E-state index in [9.17, 15) is 14.7 Å². The number of hydrogen-bond acceptors (Lipinski definition) is 7. The van der Waals surface area contributed by atoms with Gasteiger partial charge < -0.3 is 23.7 Å². The second-order valence-electron chi connectivity index (χ2n) is 8.43. The Balaban J connectivity index is 1.49. The molecule has 3 saturated heterocycles. The Morgan fingerprint density at radius 2 is 2.04 bits per heavy atom.